The van der Waals surface area contributed by atoms with Crippen LogP contribution in [0.15, 0.2) is 71.6 Å². The second-order valence-corrected chi connectivity index (χ2v) is 7.72. The molecule has 1 aliphatic rings. The van der Waals surface area contributed by atoms with Crippen LogP contribution in [0, 0.1) is 0 Å². The summed E-state index contributed by atoms with van der Waals surface area (Å²) in [5.74, 6) is 0. The van der Waals surface area contributed by atoms with E-state index in [-0.39, 0.29) is 5.41 Å². The maximum Gasteiger partial charge on any atom is 0.0432 e. The Kier molecular flexibility index (Phi) is 3.74. The first-order chi connectivity index (χ1) is 12.0. The van der Waals surface area contributed by atoms with E-state index in [1.165, 1.54) is 11.1 Å². The van der Waals surface area contributed by atoms with Crippen molar-refractivity contribution in [2.24, 2.45) is 0 Å². The summed E-state index contributed by atoms with van der Waals surface area (Å²) in [6.07, 6.45) is 0. The van der Waals surface area contributed by atoms with Crippen LogP contribution >= 0.6 is 0 Å². The molecule has 0 saturated heterocycles. The van der Waals surface area contributed by atoms with Crippen molar-refractivity contribution >= 4 is 22.5 Å². The molecule has 1 unspecified atom stereocenters. The van der Waals surface area contributed by atoms with Gasteiger partial charge in [0.1, 0.15) is 0 Å². The molecule has 0 aliphatic carbocycles. The first kappa shape index (κ1) is 16.1. The summed E-state index contributed by atoms with van der Waals surface area (Å²) < 4.78 is 22.2. The second kappa shape index (κ2) is 5.83. The van der Waals surface area contributed by atoms with Crippen molar-refractivity contribution in [1.29, 1.82) is 0 Å². The SMILES string of the molecule is CC1(C)c2ccccc2Nc2cccc(-c3ccc(S(=O)[O-])cc3)c21. The van der Waals surface area contributed by atoms with Gasteiger partial charge in [0.15, 0.2) is 0 Å². The summed E-state index contributed by atoms with van der Waals surface area (Å²) in [7, 11) is 0. The van der Waals surface area contributed by atoms with Gasteiger partial charge in [-0.2, -0.15) is 0 Å². The minimum Gasteiger partial charge on any atom is -0.768 e. The van der Waals surface area contributed by atoms with Gasteiger partial charge in [-0.05, 0) is 57.6 Å². The topological polar surface area (TPSA) is 52.2 Å². The third-order valence-corrected chi connectivity index (χ3v) is 5.57. The van der Waals surface area contributed by atoms with Crippen molar-refractivity contribution in [2.45, 2.75) is 24.2 Å². The van der Waals surface area contributed by atoms with Gasteiger partial charge in [0.2, 0.25) is 0 Å². The summed E-state index contributed by atoms with van der Waals surface area (Å²) in [6.45, 7) is 4.46. The number of hydrogen-bond acceptors (Lipinski definition) is 3. The van der Waals surface area contributed by atoms with Crippen molar-refractivity contribution in [2.75, 3.05) is 5.32 Å². The van der Waals surface area contributed by atoms with E-state index < -0.39 is 11.1 Å². The molecular formula is C21H18NO2S-. The van der Waals surface area contributed by atoms with E-state index in [4.69, 9.17) is 0 Å². The smallest absolute Gasteiger partial charge is 0.0432 e. The number of fused-ring (bicyclic) bond motifs is 2. The predicted molar refractivity (Wildman–Crippen MR) is 101 cm³/mol. The lowest BCUT2D eigenvalue weighted by Gasteiger charge is -2.37. The Labute approximate surface area is 150 Å². The lowest BCUT2D eigenvalue weighted by atomic mass is 9.71. The molecule has 1 atom stereocenters. The highest BCUT2D eigenvalue weighted by molar-refractivity contribution is 7.79. The average Bonchev–Trinajstić information content (AvgIpc) is 2.61. The van der Waals surface area contributed by atoms with E-state index in [1.54, 1.807) is 12.1 Å². The lowest BCUT2D eigenvalue weighted by molar-refractivity contribution is 0.537. The Bertz CT molecular complexity index is 977. The van der Waals surface area contributed by atoms with E-state index >= 15 is 0 Å². The first-order valence-electron chi connectivity index (χ1n) is 8.18. The summed E-state index contributed by atoms with van der Waals surface area (Å²) in [5.41, 5.74) is 6.69. The van der Waals surface area contributed by atoms with Gasteiger partial charge < -0.3 is 9.87 Å². The third kappa shape index (κ3) is 2.58. The molecule has 3 aromatic carbocycles. The van der Waals surface area contributed by atoms with Crippen molar-refractivity contribution < 1.29 is 8.76 Å². The van der Waals surface area contributed by atoms with Crippen molar-refractivity contribution in [3.05, 3.63) is 77.9 Å². The molecule has 3 nitrogen and oxygen atoms in total. The molecular weight excluding hydrogens is 330 g/mol. The van der Waals surface area contributed by atoms with Crippen molar-refractivity contribution in [3.8, 4) is 11.1 Å². The molecule has 25 heavy (non-hydrogen) atoms. The molecule has 4 heteroatoms. The first-order valence-corrected chi connectivity index (χ1v) is 9.26. The number of hydrogen-bond donors (Lipinski definition) is 1. The fourth-order valence-electron chi connectivity index (χ4n) is 3.73. The molecule has 3 aromatic rings. The zero-order valence-electron chi connectivity index (χ0n) is 14.1. The largest absolute Gasteiger partial charge is 0.768 e. The molecule has 126 valence electrons. The number of rotatable bonds is 2. The van der Waals surface area contributed by atoms with Crippen LogP contribution in [0.25, 0.3) is 11.1 Å². The number of anilines is 2. The van der Waals surface area contributed by atoms with Crippen LogP contribution in [0.3, 0.4) is 0 Å². The van der Waals surface area contributed by atoms with Crippen LogP contribution in [0.2, 0.25) is 0 Å². The van der Waals surface area contributed by atoms with Gasteiger partial charge in [-0.15, -0.1) is 0 Å². The molecule has 0 bridgehead atoms. The third-order valence-electron chi connectivity index (χ3n) is 4.92. The number of nitrogens with one attached hydrogen (secondary N) is 1. The Hall–Kier alpha value is -2.43. The predicted octanol–water partition coefficient (Wildman–Crippen LogP) is 4.97. The van der Waals surface area contributed by atoms with Gasteiger partial charge in [0.25, 0.3) is 0 Å². The Balaban J connectivity index is 1.90. The number of benzene rings is 3. The van der Waals surface area contributed by atoms with E-state index in [0.717, 1.165) is 22.5 Å². The minimum absolute atomic E-state index is 0.159. The summed E-state index contributed by atoms with van der Waals surface area (Å²) in [5, 5.41) is 3.54. The van der Waals surface area contributed by atoms with Gasteiger partial charge in [0.05, 0.1) is 0 Å². The Morgan fingerprint density at radius 2 is 1.56 bits per heavy atom. The van der Waals surface area contributed by atoms with Gasteiger partial charge >= 0.3 is 0 Å². The highest BCUT2D eigenvalue weighted by atomic mass is 32.2. The molecule has 4 rings (SSSR count). The van der Waals surface area contributed by atoms with E-state index in [1.807, 2.05) is 24.3 Å². The summed E-state index contributed by atoms with van der Waals surface area (Å²) in [6, 6.07) is 21.6. The van der Waals surface area contributed by atoms with Gasteiger partial charge in [-0.25, -0.2) is 0 Å². The standard InChI is InChI=1S/C21H19NO2S/c1-21(2)17-7-3-4-8-18(17)22-19-9-5-6-16(20(19)21)14-10-12-15(13-11-14)25(23)24/h3-13,22H,1-2H3,(H,23,24)/p-1. The molecule has 0 fully saturated rings. The summed E-state index contributed by atoms with van der Waals surface area (Å²) >= 11 is -2.20. The van der Waals surface area contributed by atoms with Crippen LogP contribution in [0.5, 0.6) is 0 Å². The molecule has 0 spiro atoms. The zero-order valence-corrected chi connectivity index (χ0v) is 14.9. The quantitative estimate of drug-likeness (QED) is 0.665. The average molecular weight is 348 g/mol. The van der Waals surface area contributed by atoms with Crippen LogP contribution in [-0.4, -0.2) is 8.76 Å². The molecule has 0 radical (unpaired) electrons. The Morgan fingerprint density at radius 1 is 0.880 bits per heavy atom. The molecule has 0 amide bonds. The fourth-order valence-corrected chi connectivity index (χ4v) is 4.09. The van der Waals surface area contributed by atoms with Gasteiger partial charge in [-0.3, -0.25) is 4.21 Å². The fraction of sp³-hybridized carbons (Fsp3) is 0.143. The highest BCUT2D eigenvalue weighted by Crippen LogP contribution is 2.48. The maximum atomic E-state index is 11.1. The normalized spacial score (nSPS) is 15.6. The van der Waals surface area contributed by atoms with Gasteiger partial charge in [-0.1, -0.05) is 56.3 Å². The number of para-hydroxylation sites is 1. The minimum atomic E-state index is -2.20. The van der Waals surface area contributed by atoms with Crippen LogP contribution in [0.1, 0.15) is 25.0 Å². The molecule has 1 N–H and O–H groups in total. The highest BCUT2D eigenvalue weighted by Gasteiger charge is 2.34. The van der Waals surface area contributed by atoms with Crippen LogP contribution in [-0.2, 0) is 16.5 Å². The van der Waals surface area contributed by atoms with Crippen molar-refractivity contribution in [1.82, 2.24) is 0 Å². The van der Waals surface area contributed by atoms with E-state index in [9.17, 15) is 8.76 Å². The van der Waals surface area contributed by atoms with E-state index in [0.29, 0.717) is 4.90 Å². The maximum absolute atomic E-state index is 11.1. The molecule has 0 saturated carbocycles. The van der Waals surface area contributed by atoms with Crippen LogP contribution in [0.4, 0.5) is 11.4 Å². The lowest BCUT2D eigenvalue weighted by Crippen LogP contribution is -2.26. The van der Waals surface area contributed by atoms with Gasteiger partial charge in [0, 0.05) is 21.7 Å². The second-order valence-electron chi connectivity index (χ2n) is 6.78. The van der Waals surface area contributed by atoms with Crippen molar-refractivity contribution in [3.63, 3.8) is 0 Å². The van der Waals surface area contributed by atoms with E-state index in [2.05, 4.69) is 49.5 Å². The van der Waals surface area contributed by atoms with Crippen LogP contribution < -0.4 is 5.32 Å². The monoisotopic (exact) mass is 348 g/mol. The molecule has 0 aromatic heterocycles. The molecule has 1 aliphatic heterocycles. The Morgan fingerprint density at radius 3 is 2.28 bits per heavy atom. The molecule has 1 heterocycles. The summed E-state index contributed by atoms with van der Waals surface area (Å²) in [4.78, 5) is 0.302. The zero-order chi connectivity index (χ0) is 17.6.